The van der Waals surface area contributed by atoms with Crippen LogP contribution in [0, 0.1) is 0 Å². The molecular weight excluding hydrogens is 637 g/mol. The normalized spacial score (nSPS) is 12.2. The highest BCUT2D eigenvalue weighted by Crippen LogP contribution is 2.52. The van der Waals surface area contributed by atoms with Crippen molar-refractivity contribution in [1.29, 1.82) is 0 Å². The summed E-state index contributed by atoms with van der Waals surface area (Å²) in [7, 11) is 0. The first-order valence-corrected chi connectivity index (χ1v) is 18.2. The Labute approximate surface area is 301 Å². The van der Waals surface area contributed by atoms with Crippen LogP contribution in [0.1, 0.15) is 0 Å². The van der Waals surface area contributed by atoms with Gasteiger partial charge in [0.15, 0.2) is 0 Å². The molecule has 0 amide bonds. The van der Waals surface area contributed by atoms with Crippen LogP contribution >= 0.6 is 11.8 Å². The molecule has 2 heterocycles. The summed E-state index contributed by atoms with van der Waals surface area (Å²) in [6.07, 6.45) is 0. The highest BCUT2D eigenvalue weighted by molar-refractivity contribution is 7.99. The van der Waals surface area contributed by atoms with E-state index in [1.54, 1.807) is 0 Å². The molecule has 8 aromatic carbocycles. The van der Waals surface area contributed by atoms with Crippen molar-refractivity contribution in [1.82, 2.24) is 4.57 Å². The predicted octanol–water partition coefficient (Wildman–Crippen LogP) is 13.7. The minimum atomic E-state index is 1.16. The molecule has 0 radical (unpaired) electrons. The maximum atomic E-state index is 2.41. The van der Waals surface area contributed by atoms with E-state index in [0.717, 1.165) is 11.4 Å². The van der Waals surface area contributed by atoms with Crippen LogP contribution in [-0.2, 0) is 0 Å². The van der Waals surface area contributed by atoms with Gasteiger partial charge in [-0.05, 0) is 100 Å². The summed E-state index contributed by atoms with van der Waals surface area (Å²) in [5, 5.41) is 2.51. The van der Waals surface area contributed by atoms with Gasteiger partial charge in [-0.15, -0.1) is 0 Å². The van der Waals surface area contributed by atoms with Gasteiger partial charge in [0.05, 0.1) is 22.4 Å². The van der Waals surface area contributed by atoms with Gasteiger partial charge in [0.2, 0.25) is 0 Å². The van der Waals surface area contributed by atoms with E-state index in [1.807, 2.05) is 11.8 Å². The first-order chi connectivity index (χ1) is 25.3. The number of fused-ring (bicyclic) bond motifs is 5. The van der Waals surface area contributed by atoms with E-state index < -0.39 is 0 Å². The Hall–Kier alpha value is -6.29. The molecule has 0 unspecified atom stereocenters. The van der Waals surface area contributed by atoms with Crippen LogP contribution in [-0.4, -0.2) is 4.57 Å². The minimum absolute atomic E-state index is 1.16. The third kappa shape index (κ3) is 5.13. The summed E-state index contributed by atoms with van der Waals surface area (Å²) >= 11 is 1.85. The van der Waals surface area contributed by atoms with Crippen LogP contribution in [0.3, 0.4) is 0 Å². The molecule has 0 fully saturated rings. The van der Waals surface area contributed by atoms with Crippen molar-refractivity contribution >= 4 is 50.6 Å². The standard InChI is InChI=1S/C48H32N2S/c1-3-12-33(13-4-1)35-22-26-39(27-23-35)49-43-19-8-7-18-41(43)42-31-37(24-28-44(42)49)38-25-29-46-48(32-38)51-47-21-10-9-20-45(47)50(46)40-17-11-16-36(30-40)34-14-5-2-6-15-34/h1-32H. The molecule has 1 aliphatic rings. The molecule has 0 spiro atoms. The van der Waals surface area contributed by atoms with E-state index in [-0.39, 0.29) is 0 Å². The van der Waals surface area contributed by atoms with E-state index in [4.69, 9.17) is 0 Å². The third-order valence-corrected chi connectivity index (χ3v) is 11.1. The summed E-state index contributed by atoms with van der Waals surface area (Å²) < 4.78 is 2.39. The largest absolute Gasteiger partial charge is 0.309 e. The fourth-order valence-electron chi connectivity index (χ4n) is 7.53. The zero-order valence-corrected chi connectivity index (χ0v) is 28.6. The molecule has 1 aliphatic heterocycles. The van der Waals surface area contributed by atoms with Crippen LogP contribution < -0.4 is 4.90 Å². The van der Waals surface area contributed by atoms with Crippen LogP contribution in [0.25, 0.3) is 60.9 Å². The average Bonchev–Trinajstić information content (AvgIpc) is 3.54. The Morgan fingerprint density at radius 3 is 1.71 bits per heavy atom. The molecule has 0 bridgehead atoms. The van der Waals surface area contributed by atoms with Crippen molar-refractivity contribution in [2.45, 2.75) is 9.79 Å². The second kappa shape index (κ2) is 12.2. The molecule has 0 atom stereocenters. The highest BCUT2D eigenvalue weighted by Gasteiger charge is 2.25. The lowest BCUT2D eigenvalue weighted by Gasteiger charge is -2.33. The van der Waals surface area contributed by atoms with Crippen molar-refractivity contribution < 1.29 is 0 Å². The summed E-state index contributed by atoms with van der Waals surface area (Å²) in [4.78, 5) is 4.92. The smallest absolute Gasteiger partial charge is 0.0602 e. The molecule has 9 aromatic rings. The van der Waals surface area contributed by atoms with Crippen LogP contribution in [0.5, 0.6) is 0 Å². The van der Waals surface area contributed by atoms with Gasteiger partial charge in [-0.3, -0.25) is 0 Å². The molecule has 3 heteroatoms. The van der Waals surface area contributed by atoms with E-state index in [1.165, 1.54) is 76.4 Å². The Bertz CT molecular complexity index is 2710. The topological polar surface area (TPSA) is 8.17 Å². The lowest BCUT2D eigenvalue weighted by atomic mass is 10.0. The molecule has 10 rings (SSSR count). The number of benzene rings is 8. The Morgan fingerprint density at radius 2 is 0.882 bits per heavy atom. The molecule has 0 N–H and O–H groups in total. The fourth-order valence-corrected chi connectivity index (χ4v) is 8.63. The zero-order valence-electron chi connectivity index (χ0n) is 27.8. The number of hydrogen-bond donors (Lipinski definition) is 0. The van der Waals surface area contributed by atoms with Crippen LogP contribution in [0.15, 0.2) is 204 Å². The SMILES string of the molecule is c1ccc(-c2ccc(-n3c4ccccc4c4cc(-c5ccc6c(c5)Sc5ccccc5N6c5cccc(-c6ccccc6)c5)ccc43)cc2)cc1. The maximum absolute atomic E-state index is 2.41. The quantitative estimate of drug-likeness (QED) is 0.180. The van der Waals surface area contributed by atoms with E-state index >= 15 is 0 Å². The van der Waals surface area contributed by atoms with Crippen molar-refractivity contribution in [3.63, 3.8) is 0 Å². The first kappa shape index (κ1) is 29.6. The van der Waals surface area contributed by atoms with Gasteiger partial charge in [-0.25, -0.2) is 0 Å². The molecule has 240 valence electrons. The molecule has 0 saturated heterocycles. The number of aromatic nitrogens is 1. The molecule has 0 aliphatic carbocycles. The summed E-state index contributed by atoms with van der Waals surface area (Å²) in [6.45, 7) is 0. The van der Waals surface area contributed by atoms with Crippen LogP contribution in [0.2, 0.25) is 0 Å². The van der Waals surface area contributed by atoms with E-state index in [2.05, 4.69) is 204 Å². The second-order valence-electron chi connectivity index (χ2n) is 13.0. The van der Waals surface area contributed by atoms with Crippen molar-refractivity contribution in [2.75, 3.05) is 4.90 Å². The Balaban J connectivity index is 1.06. The summed E-state index contributed by atoms with van der Waals surface area (Å²) in [5.74, 6) is 0. The Morgan fingerprint density at radius 1 is 0.314 bits per heavy atom. The highest BCUT2D eigenvalue weighted by atomic mass is 32.2. The molecule has 51 heavy (non-hydrogen) atoms. The monoisotopic (exact) mass is 668 g/mol. The van der Waals surface area contributed by atoms with E-state index in [9.17, 15) is 0 Å². The lowest BCUT2D eigenvalue weighted by molar-refractivity contribution is 1.17. The molecule has 1 aromatic heterocycles. The van der Waals surface area contributed by atoms with Gasteiger partial charge >= 0.3 is 0 Å². The van der Waals surface area contributed by atoms with Gasteiger partial charge < -0.3 is 9.47 Å². The number of anilines is 3. The first-order valence-electron chi connectivity index (χ1n) is 17.3. The summed E-state index contributed by atoms with van der Waals surface area (Å²) in [5.41, 5.74) is 14.4. The number of nitrogens with zero attached hydrogens (tertiary/aromatic N) is 2. The fraction of sp³-hybridized carbons (Fsp3) is 0. The molecular formula is C48H32N2S. The van der Waals surface area contributed by atoms with Crippen LogP contribution in [0.4, 0.5) is 17.1 Å². The minimum Gasteiger partial charge on any atom is -0.309 e. The number of rotatable bonds is 5. The van der Waals surface area contributed by atoms with Gasteiger partial charge in [0.25, 0.3) is 0 Å². The average molecular weight is 669 g/mol. The third-order valence-electron chi connectivity index (χ3n) is 9.98. The summed E-state index contributed by atoms with van der Waals surface area (Å²) in [6, 6.07) is 70.4. The molecule has 0 saturated carbocycles. The van der Waals surface area contributed by atoms with Gasteiger partial charge in [0.1, 0.15) is 0 Å². The van der Waals surface area contributed by atoms with Crippen molar-refractivity contribution in [3.8, 4) is 39.1 Å². The number of hydrogen-bond acceptors (Lipinski definition) is 2. The number of para-hydroxylation sites is 2. The lowest BCUT2D eigenvalue weighted by Crippen LogP contribution is -2.14. The van der Waals surface area contributed by atoms with Gasteiger partial charge in [0, 0.05) is 31.9 Å². The maximum Gasteiger partial charge on any atom is 0.0602 e. The second-order valence-corrected chi connectivity index (χ2v) is 14.1. The van der Waals surface area contributed by atoms with E-state index in [0.29, 0.717) is 0 Å². The van der Waals surface area contributed by atoms with Crippen molar-refractivity contribution in [3.05, 3.63) is 194 Å². The zero-order chi connectivity index (χ0) is 33.7. The Kier molecular flexibility index (Phi) is 7.11. The van der Waals surface area contributed by atoms with Crippen molar-refractivity contribution in [2.24, 2.45) is 0 Å². The predicted molar refractivity (Wildman–Crippen MR) is 216 cm³/mol. The molecule has 2 nitrogen and oxygen atoms in total. The van der Waals surface area contributed by atoms with Gasteiger partial charge in [-0.1, -0.05) is 139 Å². The van der Waals surface area contributed by atoms with Gasteiger partial charge in [-0.2, -0.15) is 0 Å².